The second-order valence-corrected chi connectivity index (χ2v) is 5.75. The molecular formula is C16H21NO2. The van der Waals surface area contributed by atoms with Crippen LogP contribution in [0.25, 0.3) is 0 Å². The highest BCUT2D eigenvalue weighted by Crippen LogP contribution is 2.30. The standard InChI is InChI=1S/C16H21NO2/c1-12(13-5-3-2-4-6-13)16(18)19-15-11-17-9-7-14(15)8-10-17/h2-6,12,14-15H,7-11H2,1H3. The van der Waals surface area contributed by atoms with Crippen molar-refractivity contribution in [1.29, 1.82) is 0 Å². The predicted octanol–water partition coefficient (Wildman–Crippen LogP) is 2.43. The first-order chi connectivity index (χ1) is 9.24. The summed E-state index contributed by atoms with van der Waals surface area (Å²) in [7, 11) is 0. The van der Waals surface area contributed by atoms with Crippen molar-refractivity contribution in [2.45, 2.75) is 31.8 Å². The maximum atomic E-state index is 12.2. The van der Waals surface area contributed by atoms with Gasteiger partial charge >= 0.3 is 5.97 Å². The number of hydrogen-bond acceptors (Lipinski definition) is 3. The van der Waals surface area contributed by atoms with Gasteiger partial charge in [0.05, 0.1) is 5.92 Å². The zero-order chi connectivity index (χ0) is 13.2. The SMILES string of the molecule is CC(C(=O)OC1CN2CCC1CC2)c1ccccc1. The minimum Gasteiger partial charge on any atom is -0.460 e. The summed E-state index contributed by atoms with van der Waals surface area (Å²) in [5.41, 5.74) is 1.04. The molecule has 0 spiro atoms. The van der Waals surface area contributed by atoms with E-state index in [1.54, 1.807) is 0 Å². The number of esters is 1. The molecule has 2 unspecified atom stereocenters. The number of carbonyl (C=O) groups excluding carboxylic acids is 1. The molecule has 0 radical (unpaired) electrons. The van der Waals surface area contributed by atoms with Gasteiger partial charge < -0.3 is 4.74 Å². The summed E-state index contributed by atoms with van der Waals surface area (Å²) in [5.74, 6) is 0.332. The van der Waals surface area contributed by atoms with Crippen LogP contribution in [0.4, 0.5) is 0 Å². The average molecular weight is 259 g/mol. The molecule has 1 aromatic carbocycles. The van der Waals surface area contributed by atoms with Crippen LogP contribution in [0.1, 0.15) is 31.2 Å². The zero-order valence-corrected chi connectivity index (χ0v) is 11.4. The van der Waals surface area contributed by atoms with Gasteiger partial charge in [-0.2, -0.15) is 0 Å². The van der Waals surface area contributed by atoms with Crippen molar-refractivity contribution < 1.29 is 9.53 Å². The Hall–Kier alpha value is -1.35. The minimum absolute atomic E-state index is 0.0788. The van der Waals surface area contributed by atoms with Gasteiger partial charge in [0.25, 0.3) is 0 Å². The van der Waals surface area contributed by atoms with E-state index in [0.717, 1.165) is 12.1 Å². The first-order valence-corrected chi connectivity index (χ1v) is 7.22. The lowest BCUT2D eigenvalue weighted by atomic mass is 9.86. The van der Waals surface area contributed by atoms with E-state index in [2.05, 4.69) is 4.90 Å². The fourth-order valence-electron chi connectivity index (χ4n) is 3.17. The number of piperidine rings is 3. The molecule has 3 heteroatoms. The monoisotopic (exact) mass is 259 g/mol. The number of benzene rings is 1. The van der Waals surface area contributed by atoms with Gasteiger partial charge in [0, 0.05) is 6.54 Å². The Morgan fingerprint density at radius 2 is 1.95 bits per heavy atom. The molecule has 3 aliphatic rings. The van der Waals surface area contributed by atoms with Gasteiger partial charge in [-0.05, 0) is 44.3 Å². The van der Waals surface area contributed by atoms with Gasteiger partial charge in [0.1, 0.15) is 6.10 Å². The molecule has 3 fully saturated rings. The largest absolute Gasteiger partial charge is 0.460 e. The van der Waals surface area contributed by atoms with Crippen LogP contribution in [-0.2, 0) is 9.53 Å². The molecule has 1 aromatic rings. The van der Waals surface area contributed by atoms with E-state index in [1.807, 2.05) is 37.3 Å². The molecule has 2 bridgehead atoms. The Morgan fingerprint density at radius 3 is 2.53 bits per heavy atom. The number of hydrogen-bond donors (Lipinski definition) is 0. The maximum absolute atomic E-state index is 12.2. The second kappa shape index (κ2) is 5.33. The molecule has 0 aliphatic carbocycles. The van der Waals surface area contributed by atoms with Crippen molar-refractivity contribution in [3.05, 3.63) is 35.9 Å². The molecule has 19 heavy (non-hydrogen) atoms. The molecule has 0 amide bonds. The Kier molecular flexibility index (Phi) is 3.56. The van der Waals surface area contributed by atoms with Crippen LogP contribution in [0, 0.1) is 5.92 Å². The van der Waals surface area contributed by atoms with Crippen molar-refractivity contribution in [3.8, 4) is 0 Å². The Bertz CT molecular complexity index is 437. The van der Waals surface area contributed by atoms with Crippen LogP contribution >= 0.6 is 0 Å². The minimum atomic E-state index is -0.170. The number of fused-ring (bicyclic) bond motifs is 3. The van der Waals surface area contributed by atoms with Crippen LogP contribution in [0.5, 0.6) is 0 Å². The molecule has 102 valence electrons. The van der Waals surface area contributed by atoms with Gasteiger partial charge in [-0.15, -0.1) is 0 Å². The highest BCUT2D eigenvalue weighted by atomic mass is 16.5. The molecule has 3 aliphatic heterocycles. The Balaban J connectivity index is 1.62. The molecule has 0 N–H and O–H groups in total. The van der Waals surface area contributed by atoms with Crippen LogP contribution in [-0.4, -0.2) is 36.6 Å². The topological polar surface area (TPSA) is 29.5 Å². The third kappa shape index (κ3) is 2.66. The van der Waals surface area contributed by atoms with Gasteiger partial charge in [-0.3, -0.25) is 9.69 Å². The van der Waals surface area contributed by atoms with Gasteiger partial charge in [-0.25, -0.2) is 0 Å². The third-order valence-corrected chi connectivity index (χ3v) is 4.52. The van der Waals surface area contributed by atoms with Crippen LogP contribution in [0.15, 0.2) is 30.3 Å². The summed E-state index contributed by atoms with van der Waals surface area (Å²) in [6.45, 7) is 5.21. The first kappa shape index (κ1) is 12.7. The molecule has 0 aromatic heterocycles. The van der Waals surface area contributed by atoms with E-state index in [0.29, 0.717) is 5.92 Å². The van der Waals surface area contributed by atoms with Crippen molar-refractivity contribution in [2.24, 2.45) is 5.92 Å². The van der Waals surface area contributed by atoms with Crippen molar-refractivity contribution >= 4 is 5.97 Å². The summed E-state index contributed by atoms with van der Waals surface area (Å²) in [4.78, 5) is 14.7. The smallest absolute Gasteiger partial charge is 0.313 e. The van der Waals surface area contributed by atoms with Crippen LogP contribution < -0.4 is 0 Å². The molecule has 3 nitrogen and oxygen atoms in total. The Labute approximate surface area is 114 Å². The van der Waals surface area contributed by atoms with Crippen molar-refractivity contribution in [2.75, 3.05) is 19.6 Å². The lowest BCUT2D eigenvalue weighted by Crippen LogP contribution is -2.52. The number of nitrogens with zero attached hydrogens (tertiary/aromatic N) is 1. The van der Waals surface area contributed by atoms with E-state index in [1.165, 1.54) is 25.9 Å². The predicted molar refractivity (Wildman–Crippen MR) is 73.9 cm³/mol. The number of rotatable bonds is 3. The van der Waals surface area contributed by atoms with E-state index in [-0.39, 0.29) is 18.0 Å². The zero-order valence-electron chi connectivity index (χ0n) is 11.4. The lowest BCUT2D eigenvalue weighted by Gasteiger charge is -2.44. The first-order valence-electron chi connectivity index (χ1n) is 7.22. The Morgan fingerprint density at radius 1 is 1.26 bits per heavy atom. The summed E-state index contributed by atoms with van der Waals surface area (Å²) in [6.07, 6.45) is 2.47. The van der Waals surface area contributed by atoms with E-state index in [4.69, 9.17) is 4.74 Å². The molecule has 3 heterocycles. The molecular weight excluding hydrogens is 238 g/mol. The second-order valence-electron chi connectivity index (χ2n) is 5.75. The normalized spacial score (nSPS) is 30.9. The fourth-order valence-corrected chi connectivity index (χ4v) is 3.17. The summed E-state index contributed by atoms with van der Waals surface area (Å²) < 4.78 is 5.76. The average Bonchev–Trinajstić information content (AvgIpc) is 2.48. The highest BCUT2D eigenvalue weighted by Gasteiger charge is 2.37. The van der Waals surface area contributed by atoms with Gasteiger partial charge in [0.15, 0.2) is 0 Å². The van der Waals surface area contributed by atoms with Gasteiger partial charge in [0.2, 0.25) is 0 Å². The quantitative estimate of drug-likeness (QED) is 0.781. The summed E-state index contributed by atoms with van der Waals surface area (Å²) in [5, 5.41) is 0. The van der Waals surface area contributed by atoms with E-state index in [9.17, 15) is 4.79 Å². The molecule has 0 saturated carbocycles. The maximum Gasteiger partial charge on any atom is 0.313 e. The number of ether oxygens (including phenoxy) is 1. The van der Waals surface area contributed by atoms with Crippen LogP contribution in [0.2, 0.25) is 0 Å². The summed E-state index contributed by atoms with van der Waals surface area (Å²) in [6, 6.07) is 9.88. The fraction of sp³-hybridized carbons (Fsp3) is 0.562. The van der Waals surface area contributed by atoms with Crippen LogP contribution in [0.3, 0.4) is 0 Å². The number of carbonyl (C=O) groups is 1. The van der Waals surface area contributed by atoms with E-state index >= 15 is 0 Å². The molecule has 2 atom stereocenters. The lowest BCUT2D eigenvalue weighted by molar-refractivity contribution is -0.160. The molecule has 4 rings (SSSR count). The third-order valence-electron chi connectivity index (χ3n) is 4.52. The molecule has 3 saturated heterocycles. The summed E-state index contributed by atoms with van der Waals surface area (Å²) >= 11 is 0. The van der Waals surface area contributed by atoms with E-state index < -0.39 is 0 Å². The highest BCUT2D eigenvalue weighted by molar-refractivity contribution is 5.77. The van der Waals surface area contributed by atoms with Crippen molar-refractivity contribution in [1.82, 2.24) is 4.90 Å². The van der Waals surface area contributed by atoms with Gasteiger partial charge in [-0.1, -0.05) is 30.3 Å². The van der Waals surface area contributed by atoms with Crippen molar-refractivity contribution in [3.63, 3.8) is 0 Å².